The van der Waals surface area contributed by atoms with E-state index >= 15 is 0 Å². The third kappa shape index (κ3) is 7.83. The molecule has 1 aliphatic heterocycles. The molecular weight excluding hydrogens is 639 g/mol. The number of aromatic nitrogens is 3. The molecule has 0 aliphatic carbocycles. The molecule has 3 heterocycles. The van der Waals surface area contributed by atoms with Gasteiger partial charge in [0.2, 0.25) is 17.7 Å². The van der Waals surface area contributed by atoms with Gasteiger partial charge in [-0.25, -0.2) is 14.1 Å². The largest absolute Gasteiger partial charge is 0.481 e. The first-order valence-electron chi connectivity index (χ1n) is 15.7. The molecule has 1 aliphatic rings. The minimum atomic E-state index is -0.636. The van der Waals surface area contributed by atoms with Gasteiger partial charge in [-0.05, 0) is 68.1 Å². The summed E-state index contributed by atoms with van der Waals surface area (Å²) < 4.78 is 26.7. The number of carbonyl (C=O) groups excluding carboxylic acids is 3. The van der Waals surface area contributed by atoms with Gasteiger partial charge in [-0.15, -0.1) is 0 Å². The molecule has 0 radical (unpaired) electrons. The lowest BCUT2D eigenvalue weighted by molar-refractivity contribution is -0.119. The van der Waals surface area contributed by atoms with Crippen LogP contribution in [0, 0.1) is 18.7 Å². The fourth-order valence-corrected chi connectivity index (χ4v) is 5.79. The number of pyridine rings is 1. The fourth-order valence-electron chi connectivity index (χ4n) is 5.62. The second-order valence-electron chi connectivity index (χ2n) is 11.7. The van der Waals surface area contributed by atoms with Gasteiger partial charge in [-0.2, -0.15) is 5.10 Å². The molecule has 2 atom stereocenters. The highest BCUT2D eigenvalue weighted by Crippen LogP contribution is 2.35. The van der Waals surface area contributed by atoms with Crippen LogP contribution in [0.5, 0.6) is 5.88 Å². The van der Waals surface area contributed by atoms with E-state index in [4.69, 9.17) is 21.1 Å². The average Bonchev–Trinajstić information content (AvgIpc) is 3.45. The van der Waals surface area contributed by atoms with Crippen LogP contribution >= 0.6 is 11.6 Å². The number of methoxy groups -OCH3 is 2. The van der Waals surface area contributed by atoms with Crippen molar-refractivity contribution < 1.29 is 28.2 Å². The Morgan fingerprint density at radius 1 is 1.15 bits per heavy atom. The van der Waals surface area contributed by atoms with Crippen LogP contribution in [0.25, 0.3) is 16.9 Å². The third-order valence-corrected chi connectivity index (χ3v) is 8.61. The summed E-state index contributed by atoms with van der Waals surface area (Å²) in [5, 5.41) is 13.3. The first kappa shape index (κ1) is 34.5. The highest BCUT2D eigenvalue weighted by Gasteiger charge is 2.25. The van der Waals surface area contributed by atoms with E-state index in [1.165, 1.54) is 30.1 Å². The van der Waals surface area contributed by atoms with E-state index in [1.807, 2.05) is 13.0 Å². The topological polar surface area (TPSA) is 136 Å². The lowest BCUT2D eigenvalue weighted by atomic mass is 9.94. The number of benzene rings is 2. The van der Waals surface area contributed by atoms with Crippen molar-refractivity contribution in [1.29, 1.82) is 0 Å². The Kier molecular flexibility index (Phi) is 11.1. The number of amides is 3. The molecule has 11 nitrogen and oxygen atoms in total. The van der Waals surface area contributed by atoms with Crippen LogP contribution in [0.4, 0.5) is 15.8 Å². The Hall–Kier alpha value is -4.81. The Bertz CT molecular complexity index is 1830. The van der Waals surface area contributed by atoms with Gasteiger partial charge in [-0.1, -0.05) is 31.0 Å². The monoisotopic (exact) mass is 676 g/mol. The van der Waals surface area contributed by atoms with Crippen molar-refractivity contribution in [1.82, 2.24) is 20.1 Å². The van der Waals surface area contributed by atoms with Crippen molar-refractivity contribution in [2.45, 2.75) is 52.0 Å². The number of anilines is 2. The van der Waals surface area contributed by atoms with Gasteiger partial charge < -0.3 is 25.4 Å². The average molecular weight is 677 g/mol. The lowest BCUT2D eigenvalue weighted by Gasteiger charge is -2.23. The van der Waals surface area contributed by atoms with E-state index in [2.05, 4.69) is 26.0 Å². The molecular formula is C35H38ClFN6O5. The molecule has 3 N–H and O–H groups in total. The summed E-state index contributed by atoms with van der Waals surface area (Å²) in [5.74, 6) is -1.40. The first-order chi connectivity index (χ1) is 23.1. The van der Waals surface area contributed by atoms with Crippen molar-refractivity contribution in [3.05, 3.63) is 82.4 Å². The molecule has 3 amide bonds. The van der Waals surface area contributed by atoms with Gasteiger partial charge >= 0.3 is 0 Å². The highest BCUT2D eigenvalue weighted by atomic mass is 35.5. The second-order valence-corrected chi connectivity index (χ2v) is 12.1. The number of fused-ring (bicyclic) bond motifs is 4. The maximum absolute atomic E-state index is 14.8. The normalized spacial score (nSPS) is 16.2. The summed E-state index contributed by atoms with van der Waals surface area (Å²) in [5.41, 5.74) is 3.71. The number of halogens is 2. The highest BCUT2D eigenvalue weighted by molar-refractivity contribution is 6.30. The van der Waals surface area contributed by atoms with Crippen LogP contribution in [0.2, 0.25) is 5.02 Å². The van der Waals surface area contributed by atoms with Crippen molar-refractivity contribution in [3.8, 4) is 22.8 Å². The molecule has 0 fully saturated rings. The lowest BCUT2D eigenvalue weighted by Crippen LogP contribution is -2.29. The van der Waals surface area contributed by atoms with Crippen molar-refractivity contribution >= 4 is 40.7 Å². The maximum Gasteiger partial charge on any atom is 0.255 e. The van der Waals surface area contributed by atoms with E-state index in [0.29, 0.717) is 72.9 Å². The number of hydrogen-bond donors (Lipinski definition) is 3. The zero-order chi connectivity index (χ0) is 34.4. The summed E-state index contributed by atoms with van der Waals surface area (Å²) in [6.45, 7) is 4.01. The SMILES string of the molecule is COCCCC(=O)Nc1ccc2c(c1)NC(=O)C(C)CCCC(NC(=O)c1cnn(-c3cccc(Cl)c3F)c1C)c1cc(OC)nc-2c1. The van der Waals surface area contributed by atoms with E-state index in [1.54, 1.807) is 44.4 Å². The van der Waals surface area contributed by atoms with Crippen LogP contribution < -0.4 is 20.7 Å². The van der Waals surface area contributed by atoms with Crippen LogP contribution in [0.1, 0.15) is 66.7 Å². The van der Waals surface area contributed by atoms with E-state index in [0.717, 1.165) is 5.56 Å². The molecule has 0 saturated heterocycles. The van der Waals surface area contributed by atoms with Crippen LogP contribution in [-0.4, -0.2) is 53.3 Å². The van der Waals surface area contributed by atoms with Crippen molar-refractivity contribution in [3.63, 3.8) is 0 Å². The van der Waals surface area contributed by atoms with E-state index in [9.17, 15) is 18.8 Å². The summed E-state index contributed by atoms with van der Waals surface area (Å²) in [7, 11) is 3.09. The Balaban J connectivity index is 1.49. The number of rotatable bonds is 9. The van der Waals surface area contributed by atoms with Gasteiger partial charge in [0.05, 0.1) is 47.0 Å². The summed E-state index contributed by atoms with van der Waals surface area (Å²) >= 11 is 5.99. The molecule has 0 spiro atoms. The first-order valence-corrected chi connectivity index (χ1v) is 16.1. The molecule has 2 bridgehead atoms. The number of carbonyl (C=O) groups is 3. The molecule has 0 saturated carbocycles. The molecule has 13 heteroatoms. The quantitative estimate of drug-likeness (QED) is 0.169. The van der Waals surface area contributed by atoms with Crippen molar-refractivity contribution in [2.75, 3.05) is 31.5 Å². The smallest absolute Gasteiger partial charge is 0.255 e. The standard InChI is InChI=1S/C35H38ClFN6O5/c1-20-8-5-10-27(41-35(46)25-19-38-43(21(25)2)30-11-6-9-26(36)33(30)37)22-16-28(40-32(17-22)48-4)24-14-13-23(18-29(24)42-34(20)45)39-31(44)12-7-15-47-3/h6,9,11,13-14,16-20,27H,5,7-8,10,12,15H2,1-4H3,(H,39,44)(H,41,46)(H,42,45). The number of nitrogens with zero attached hydrogens (tertiary/aromatic N) is 3. The number of nitrogens with one attached hydrogen (secondary N) is 3. The maximum atomic E-state index is 14.8. The number of hydrogen-bond acceptors (Lipinski definition) is 7. The minimum absolute atomic E-state index is 0.0486. The minimum Gasteiger partial charge on any atom is -0.481 e. The zero-order valence-electron chi connectivity index (χ0n) is 27.2. The number of ether oxygens (including phenoxy) is 2. The Labute approximate surface area is 283 Å². The van der Waals surface area contributed by atoms with Crippen LogP contribution in [-0.2, 0) is 14.3 Å². The van der Waals surface area contributed by atoms with E-state index < -0.39 is 17.8 Å². The van der Waals surface area contributed by atoms with Crippen LogP contribution in [0.15, 0.2) is 54.7 Å². The van der Waals surface area contributed by atoms with Gasteiger partial charge in [0.15, 0.2) is 5.82 Å². The third-order valence-electron chi connectivity index (χ3n) is 8.32. The predicted octanol–water partition coefficient (Wildman–Crippen LogP) is 6.64. The predicted molar refractivity (Wildman–Crippen MR) is 181 cm³/mol. The molecule has 2 aromatic heterocycles. The fraction of sp³-hybridized carbons (Fsp3) is 0.343. The molecule has 252 valence electrons. The molecule has 48 heavy (non-hydrogen) atoms. The molecule has 4 aromatic rings. The Morgan fingerprint density at radius 3 is 2.73 bits per heavy atom. The van der Waals surface area contributed by atoms with Gasteiger partial charge in [0.25, 0.3) is 5.91 Å². The molecule has 2 unspecified atom stereocenters. The van der Waals surface area contributed by atoms with E-state index in [-0.39, 0.29) is 34.0 Å². The molecule has 5 rings (SSSR count). The van der Waals surface area contributed by atoms with Crippen molar-refractivity contribution in [2.24, 2.45) is 5.92 Å². The van der Waals surface area contributed by atoms with Gasteiger partial charge in [0.1, 0.15) is 5.69 Å². The second kappa shape index (κ2) is 15.4. The van der Waals surface area contributed by atoms with Gasteiger partial charge in [0, 0.05) is 43.4 Å². The summed E-state index contributed by atoms with van der Waals surface area (Å²) in [4.78, 5) is 44.2. The van der Waals surface area contributed by atoms with Gasteiger partial charge in [-0.3, -0.25) is 14.4 Å². The Morgan fingerprint density at radius 2 is 1.96 bits per heavy atom. The summed E-state index contributed by atoms with van der Waals surface area (Å²) in [6, 6.07) is 13.0. The zero-order valence-corrected chi connectivity index (χ0v) is 28.0. The molecule has 2 aromatic carbocycles. The van der Waals surface area contributed by atoms with Crippen LogP contribution in [0.3, 0.4) is 0 Å². The summed E-state index contributed by atoms with van der Waals surface area (Å²) in [6.07, 6.45) is 3.97.